The van der Waals surface area contributed by atoms with Crippen molar-refractivity contribution >= 4 is 17.6 Å². The van der Waals surface area contributed by atoms with Crippen molar-refractivity contribution in [3.8, 4) is 5.88 Å². The number of benzene rings is 1. The van der Waals surface area contributed by atoms with Gasteiger partial charge in [0.05, 0.1) is 12.7 Å². The molecule has 23 heavy (non-hydrogen) atoms. The van der Waals surface area contributed by atoms with E-state index in [1.54, 1.807) is 13.0 Å². The lowest BCUT2D eigenvalue weighted by molar-refractivity contribution is -0.119. The van der Waals surface area contributed by atoms with E-state index in [9.17, 15) is 14.0 Å². The second-order valence-electron chi connectivity index (χ2n) is 4.67. The summed E-state index contributed by atoms with van der Waals surface area (Å²) in [6.45, 7) is 1.24. The molecule has 0 spiro atoms. The molecular formula is C16H15FN2O4. The Balaban J connectivity index is 1.90. The molecule has 120 valence electrons. The fourth-order valence-corrected chi connectivity index (χ4v) is 1.75. The van der Waals surface area contributed by atoms with Crippen LogP contribution in [0.4, 0.5) is 10.1 Å². The van der Waals surface area contributed by atoms with Crippen LogP contribution in [0.15, 0.2) is 36.5 Å². The first-order valence-electron chi connectivity index (χ1n) is 6.73. The number of pyridine rings is 1. The molecule has 2 aromatic rings. The van der Waals surface area contributed by atoms with Crippen molar-refractivity contribution in [3.05, 3.63) is 53.5 Å². The summed E-state index contributed by atoms with van der Waals surface area (Å²) >= 11 is 0. The highest BCUT2D eigenvalue weighted by Gasteiger charge is 2.12. The van der Waals surface area contributed by atoms with E-state index in [1.165, 1.54) is 37.6 Å². The van der Waals surface area contributed by atoms with Gasteiger partial charge in [-0.1, -0.05) is 6.07 Å². The average Bonchev–Trinajstić information content (AvgIpc) is 2.56. The lowest BCUT2D eigenvalue weighted by Crippen LogP contribution is -2.21. The molecule has 0 aliphatic carbocycles. The lowest BCUT2D eigenvalue weighted by atomic mass is 10.2. The van der Waals surface area contributed by atoms with Crippen molar-refractivity contribution < 1.29 is 23.5 Å². The molecule has 0 atom stereocenters. The molecule has 1 amide bonds. The number of esters is 1. The summed E-state index contributed by atoms with van der Waals surface area (Å²) in [7, 11) is 1.46. The van der Waals surface area contributed by atoms with Gasteiger partial charge >= 0.3 is 5.97 Å². The van der Waals surface area contributed by atoms with Gasteiger partial charge in [0, 0.05) is 18.0 Å². The van der Waals surface area contributed by atoms with Gasteiger partial charge in [0.2, 0.25) is 5.88 Å². The van der Waals surface area contributed by atoms with Crippen LogP contribution >= 0.6 is 0 Å². The summed E-state index contributed by atoms with van der Waals surface area (Å²) < 4.78 is 22.9. The molecule has 7 heteroatoms. The summed E-state index contributed by atoms with van der Waals surface area (Å²) in [5.41, 5.74) is 1.23. The van der Waals surface area contributed by atoms with E-state index < -0.39 is 24.3 Å². The minimum absolute atomic E-state index is 0.195. The third kappa shape index (κ3) is 4.50. The van der Waals surface area contributed by atoms with Crippen molar-refractivity contribution in [1.29, 1.82) is 0 Å². The van der Waals surface area contributed by atoms with E-state index in [4.69, 9.17) is 9.47 Å². The van der Waals surface area contributed by atoms with Crippen LogP contribution in [0.5, 0.6) is 5.88 Å². The number of anilines is 1. The molecule has 0 bridgehead atoms. The molecule has 0 radical (unpaired) electrons. The molecule has 1 N–H and O–H groups in total. The highest BCUT2D eigenvalue weighted by molar-refractivity contribution is 5.95. The summed E-state index contributed by atoms with van der Waals surface area (Å²) in [6.07, 6.45) is 1.29. The Morgan fingerprint density at radius 1 is 1.26 bits per heavy atom. The number of methoxy groups -OCH3 is 1. The van der Waals surface area contributed by atoms with Gasteiger partial charge in [-0.2, -0.15) is 0 Å². The van der Waals surface area contributed by atoms with Gasteiger partial charge in [-0.05, 0) is 30.7 Å². The second-order valence-corrected chi connectivity index (χ2v) is 4.67. The van der Waals surface area contributed by atoms with Crippen LogP contribution in [0.1, 0.15) is 15.9 Å². The number of hydrogen-bond donors (Lipinski definition) is 1. The number of carbonyl (C=O) groups excluding carboxylic acids is 2. The van der Waals surface area contributed by atoms with Gasteiger partial charge in [-0.15, -0.1) is 0 Å². The van der Waals surface area contributed by atoms with E-state index in [2.05, 4.69) is 10.3 Å². The molecule has 1 heterocycles. The number of nitrogens with one attached hydrogen (secondary N) is 1. The van der Waals surface area contributed by atoms with Gasteiger partial charge in [0.25, 0.3) is 5.91 Å². The van der Waals surface area contributed by atoms with E-state index in [-0.39, 0.29) is 5.56 Å². The number of rotatable bonds is 5. The smallest absolute Gasteiger partial charge is 0.340 e. The van der Waals surface area contributed by atoms with Crippen molar-refractivity contribution in [3.63, 3.8) is 0 Å². The first kappa shape index (κ1) is 16.4. The Morgan fingerprint density at radius 2 is 2.04 bits per heavy atom. The number of aryl methyl sites for hydroxylation is 1. The van der Waals surface area contributed by atoms with Crippen molar-refractivity contribution in [2.75, 3.05) is 19.0 Å². The zero-order valence-electron chi connectivity index (χ0n) is 12.6. The van der Waals surface area contributed by atoms with Crippen LogP contribution in [-0.2, 0) is 9.53 Å². The van der Waals surface area contributed by atoms with Crippen molar-refractivity contribution in [1.82, 2.24) is 4.98 Å². The third-order valence-corrected chi connectivity index (χ3v) is 2.99. The number of hydrogen-bond acceptors (Lipinski definition) is 5. The number of carbonyl (C=O) groups is 2. The van der Waals surface area contributed by atoms with E-state index >= 15 is 0 Å². The number of aromatic nitrogens is 1. The summed E-state index contributed by atoms with van der Waals surface area (Å²) in [5.74, 6) is -1.35. The quantitative estimate of drug-likeness (QED) is 0.856. The van der Waals surface area contributed by atoms with Gasteiger partial charge in [-0.3, -0.25) is 4.79 Å². The first-order valence-corrected chi connectivity index (χ1v) is 6.73. The van der Waals surface area contributed by atoms with E-state index in [0.29, 0.717) is 17.1 Å². The number of halogens is 1. The topological polar surface area (TPSA) is 77.5 Å². The SMILES string of the molecule is COc1ccc(C(=O)OCC(=O)Nc2cc(F)ccc2C)cn1. The Hall–Kier alpha value is -2.96. The fraction of sp³-hybridized carbons (Fsp3) is 0.188. The normalized spacial score (nSPS) is 10.0. The number of ether oxygens (including phenoxy) is 2. The number of amides is 1. The van der Waals surface area contributed by atoms with Gasteiger partial charge in [0.15, 0.2) is 6.61 Å². The Bertz CT molecular complexity index is 717. The lowest BCUT2D eigenvalue weighted by Gasteiger charge is -2.09. The van der Waals surface area contributed by atoms with Crippen LogP contribution in [0, 0.1) is 12.7 Å². The molecule has 0 fully saturated rings. The Morgan fingerprint density at radius 3 is 2.70 bits per heavy atom. The molecule has 0 aliphatic rings. The maximum atomic E-state index is 13.1. The van der Waals surface area contributed by atoms with Gasteiger partial charge in [0.1, 0.15) is 5.82 Å². The second kappa shape index (κ2) is 7.35. The van der Waals surface area contributed by atoms with Crippen LogP contribution in [0.2, 0.25) is 0 Å². The minimum atomic E-state index is -0.689. The predicted molar refractivity (Wildman–Crippen MR) is 80.8 cm³/mol. The molecular weight excluding hydrogens is 303 g/mol. The molecule has 1 aromatic carbocycles. The fourth-order valence-electron chi connectivity index (χ4n) is 1.75. The van der Waals surface area contributed by atoms with Crippen LogP contribution in [-0.4, -0.2) is 30.6 Å². The standard InChI is InChI=1S/C16H15FN2O4/c1-10-3-5-12(17)7-13(10)19-14(20)9-23-16(21)11-4-6-15(22-2)18-8-11/h3-8H,9H2,1-2H3,(H,19,20). The van der Waals surface area contributed by atoms with Crippen LogP contribution < -0.4 is 10.1 Å². The zero-order valence-corrected chi connectivity index (χ0v) is 12.6. The third-order valence-electron chi connectivity index (χ3n) is 2.99. The van der Waals surface area contributed by atoms with Crippen molar-refractivity contribution in [2.24, 2.45) is 0 Å². The Labute approximate surface area is 132 Å². The molecule has 0 saturated heterocycles. The maximum Gasteiger partial charge on any atom is 0.340 e. The molecule has 1 aromatic heterocycles. The average molecular weight is 318 g/mol. The Kier molecular flexibility index (Phi) is 5.24. The molecule has 0 saturated carbocycles. The van der Waals surface area contributed by atoms with E-state index in [1.807, 2.05) is 0 Å². The minimum Gasteiger partial charge on any atom is -0.481 e. The van der Waals surface area contributed by atoms with Crippen LogP contribution in [0.25, 0.3) is 0 Å². The maximum absolute atomic E-state index is 13.1. The van der Waals surface area contributed by atoms with Gasteiger partial charge in [-0.25, -0.2) is 14.2 Å². The van der Waals surface area contributed by atoms with Crippen LogP contribution in [0.3, 0.4) is 0 Å². The number of nitrogens with zero attached hydrogens (tertiary/aromatic N) is 1. The highest BCUT2D eigenvalue weighted by Crippen LogP contribution is 2.15. The predicted octanol–water partition coefficient (Wildman–Crippen LogP) is 2.33. The monoisotopic (exact) mass is 318 g/mol. The molecule has 0 unspecified atom stereocenters. The summed E-state index contributed by atoms with van der Waals surface area (Å²) in [6, 6.07) is 7.01. The largest absolute Gasteiger partial charge is 0.481 e. The zero-order chi connectivity index (χ0) is 16.8. The van der Waals surface area contributed by atoms with Gasteiger partial charge < -0.3 is 14.8 Å². The summed E-state index contributed by atoms with van der Waals surface area (Å²) in [4.78, 5) is 27.4. The summed E-state index contributed by atoms with van der Waals surface area (Å²) in [5, 5.41) is 2.48. The molecule has 0 aliphatic heterocycles. The highest BCUT2D eigenvalue weighted by atomic mass is 19.1. The van der Waals surface area contributed by atoms with Crippen molar-refractivity contribution in [2.45, 2.75) is 6.92 Å². The molecule has 2 rings (SSSR count). The first-order chi connectivity index (χ1) is 11.0. The molecule has 6 nitrogen and oxygen atoms in total. The van der Waals surface area contributed by atoms with E-state index in [0.717, 1.165) is 0 Å².